The Labute approximate surface area is 139 Å². The van der Waals surface area contributed by atoms with Crippen molar-refractivity contribution in [2.75, 3.05) is 13.2 Å². The van der Waals surface area contributed by atoms with E-state index in [1.807, 2.05) is 12.1 Å². The van der Waals surface area contributed by atoms with Gasteiger partial charge in [-0.25, -0.2) is 4.98 Å². The Morgan fingerprint density at radius 3 is 2.77 bits per heavy atom. The fraction of sp³-hybridized carbons (Fsp3) is 0.500. The molecular formula is C16H18ClN3OS. The Balaban J connectivity index is 1.63. The molecule has 116 valence electrons. The monoisotopic (exact) mass is 335 g/mol. The molecule has 6 heteroatoms. The second-order valence-electron chi connectivity index (χ2n) is 5.89. The topological polar surface area (TPSA) is 39.9 Å². The SMILES string of the molecule is Clc1cc(Sc2cn(C3CC3)nc2C2CCOCC2)ccn1. The smallest absolute Gasteiger partial charge is 0.130 e. The fourth-order valence-corrected chi connectivity index (χ4v) is 4.09. The first-order valence-electron chi connectivity index (χ1n) is 7.76. The van der Waals surface area contributed by atoms with Crippen molar-refractivity contribution in [2.24, 2.45) is 0 Å². The average Bonchev–Trinajstić information content (AvgIpc) is 3.30. The Morgan fingerprint density at radius 1 is 1.23 bits per heavy atom. The number of aromatic nitrogens is 3. The van der Waals surface area contributed by atoms with Gasteiger partial charge in [0.2, 0.25) is 0 Å². The molecule has 22 heavy (non-hydrogen) atoms. The third-order valence-corrected chi connectivity index (χ3v) is 5.41. The van der Waals surface area contributed by atoms with E-state index in [0.29, 0.717) is 17.1 Å². The second kappa shape index (κ2) is 6.22. The van der Waals surface area contributed by atoms with Crippen molar-refractivity contribution in [3.8, 4) is 0 Å². The Kier molecular flexibility index (Phi) is 4.11. The van der Waals surface area contributed by atoms with E-state index in [1.165, 1.54) is 23.4 Å². The highest BCUT2D eigenvalue weighted by Gasteiger charge is 2.29. The number of halogens is 1. The molecule has 1 saturated carbocycles. The van der Waals surface area contributed by atoms with Crippen molar-refractivity contribution in [3.63, 3.8) is 0 Å². The molecule has 2 aromatic heterocycles. The summed E-state index contributed by atoms with van der Waals surface area (Å²) in [5, 5.41) is 5.44. The first-order chi connectivity index (χ1) is 10.8. The Hall–Kier alpha value is -1.04. The predicted molar refractivity (Wildman–Crippen MR) is 86.7 cm³/mol. The van der Waals surface area contributed by atoms with Crippen LogP contribution in [-0.2, 0) is 4.74 Å². The molecule has 0 bridgehead atoms. The summed E-state index contributed by atoms with van der Waals surface area (Å²) in [4.78, 5) is 6.42. The van der Waals surface area contributed by atoms with E-state index in [1.54, 1.807) is 18.0 Å². The van der Waals surface area contributed by atoms with Crippen LogP contribution in [0, 0.1) is 0 Å². The van der Waals surface area contributed by atoms with Gasteiger partial charge in [0.05, 0.1) is 16.6 Å². The molecule has 1 aliphatic carbocycles. The molecule has 2 aromatic rings. The van der Waals surface area contributed by atoms with E-state index in [0.717, 1.165) is 31.0 Å². The first-order valence-corrected chi connectivity index (χ1v) is 8.95. The Morgan fingerprint density at radius 2 is 2.05 bits per heavy atom. The molecule has 0 spiro atoms. The van der Waals surface area contributed by atoms with Crippen LogP contribution in [0.25, 0.3) is 0 Å². The zero-order chi connectivity index (χ0) is 14.9. The van der Waals surface area contributed by atoms with Crippen LogP contribution in [0.2, 0.25) is 5.15 Å². The summed E-state index contributed by atoms with van der Waals surface area (Å²) in [6, 6.07) is 4.52. The summed E-state index contributed by atoms with van der Waals surface area (Å²) in [7, 11) is 0. The molecule has 4 nitrogen and oxygen atoms in total. The third-order valence-electron chi connectivity index (χ3n) is 4.18. The van der Waals surface area contributed by atoms with Crippen LogP contribution < -0.4 is 0 Å². The van der Waals surface area contributed by atoms with Gasteiger partial charge < -0.3 is 4.74 Å². The minimum absolute atomic E-state index is 0.508. The van der Waals surface area contributed by atoms with Crippen molar-refractivity contribution in [1.29, 1.82) is 0 Å². The Bertz CT molecular complexity index is 665. The van der Waals surface area contributed by atoms with Crippen molar-refractivity contribution in [3.05, 3.63) is 35.4 Å². The van der Waals surface area contributed by atoms with Crippen LogP contribution in [0.3, 0.4) is 0 Å². The molecule has 3 heterocycles. The number of hydrogen-bond donors (Lipinski definition) is 0. The summed E-state index contributed by atoms with van der Waals surface area (Å²) in [6.45, 7) is 1.68. The van der Waals surface area contributed by atoms with Gasteiger partial charge in [-0.3, -0.25) is 4.68 Å². The van der Waals surface area contributed by atoms with Crippen LogP contribution in [0.15, 0.2) is 34.3 Å². The highest BCUT2D eigenvalue weighted by molar-refractivity contribution is 7.99. The maximum atomic E-state index is 6.00. The minimum Gasteiger partial charge on any atom is -0.381 e. The molecule has 1 saturated heterocycles. The van der Waals surface area contributed by atoms with Gasteiger partial charge in [0.15, 0.2) is 0 Å². The van der Waals surface area contributed by atoms with Crippen LogP contribution >= 0.6 is 23.4 Å². The predicted octanol–water partition coefficient (Wildman–Crippen LogP) is 4.31. The van der Waals surface area contributed by atoms with Crippen LogP contribution in [0.4, 0.5) is 0 Å². The van der Waals surface area contributed by atoms with Crippen molar-refractivity contribution in [2.45, 2.75) is 47.4 Å². The standard InChI is InChI=1S/C16H18ClN3OS/c17-15-9-13(3-6-18-15)22-14-10-20(12-1-2-12)19-16(14)11-4-7-21-8-5-11/h3,6,9-12H,1-2,4-5,7-8H2. The lowest BCUT2D eigenvalue weighted by Crippen LogP contribution is -2.15. The highest BCUT2D eigenvalue weighted by atomic mass is 35.5. The second-order valence-corrected chi connectivity index (χ2v) is 7.40. The summed E-state index contributed by atoms with van der Waals surface area (Å²) in [5.41, 5.74) is 1.23. The molecule has 1 aliphatic heterocycles. The van der Waals surface area contributed by atoms with Gasteiger partial charge >= 0.3 is 0 Å². The number of ether oxygens (including phenoxy) is 1. The fourth-order valence-electron chi connectivity index (χ4n) is 2.82. The van der Waals surface area contributed by atoms with Crippen LogP contribution in [0.5, 0.6) is 0 Å². The van der Waals surface area contributed by atoms with E-state index in [-0.39, 0.29) is 0 Å². The molecule has 0 atom stereocenters. The van der Waals surface area contributed by atoms with Crippen LogP contribution in [0.1, 0.15) is 43.3 Å². The third kappa shape index (κ3) is 3.16. The minimum atomic E-state index is 0.508. The van der Waals surface area contributed by atoms with Gasteiger partial charge in [-0.05, 0) is 37.8 Å². The largest absolute Gasteiger partial charge is 0.381 e. The lowest BCUT2D eigenvalue weighted by molar-refractivity contribution is 0.0839. The molecule has 0 unspecified atom stereocenters. The molecule has 2 fully saturated rings. The van der Waals surface area contributed by atoms with E-state index < -0.39 is 0 Å². The summed E-state index contributed by atoms with van der Waals surface area (Å²) in [6.07, 6.45) is 8.59. The van der Waals surface area contributed by atoms with E-state index in [9.17, 15) is 0 Å². The highest BCUT2D eigenvalue weighted by Crippen LogP contribution is 2.41. The molecule has 4 rings (SSSR count). The quantitative estimate of drug-likeness (QED) is 0.780. The summed E-state index contributed by atoms with van der Waals surface area (Å²) >= 11 is 7.74. The first kappa shape index (κ1) is 14.5. The van der Waals surface area contributed by atoms with E-state index >= 15 is 0 Å². The van der Waals surface area contributed by atoms with E-state index in [4.69, 9.17) is 21.4 Å². The lowest BCUT2D eigenvalue weighted by atomic mass is 9.97. The summed E-state index contributed by atoms with van der Waals surface area (Å²) in [5.74, 6) is 0.508. The number of pyridine rings is 1. The summed E-state index contributed by atoms with van der Waals surface area (Å²) < 4.78 is 7.66. The van der Waals surface area contributed by atoms with Gasteiger partial charge in [-0.15, -0.1) is 0 Å². The molecule has 2 aliphatic rings. The maximum absolute atomic E-state index is 6.00. The lowest BCUT2D eigenvalue weighted by Gasteiger charge is -2.21. The molecule has 0 radical (unpaired) electrons. The average molecular weight is 336 g/mol. The normalized spacial score (nSPS) is 19.5. The molecule has 0 amide bonds. The zero-order valence-electron chi connectivity index (χ0n) is 12.2. The van der Waals surface area contributed by atoms with E-state index in [2.05, 4.69) is 15.9 Å². The van der Waals surface area contributed by atoms with Gasteiger partial charge in [0.25, 0.3) is 0 Å². The van der Waals surface area contributed by atoms with Crippen LogP contribution in [-0.4, -0.2) is 28.0 Å². The van der Waals surface area contributed by atoms with Crippen molar-refractivity contribution < 1.29 is 4.74 Å². The van der Waals surface area contributed by atoms with Gasteiger partial charge in [0, 0.05) is 36.4 Å². The van der Waals surface area contributed by atoms with Gasteiger partial charge in [-0.2, -0.15) is 5.10 Å². The maximum Gasteiger partial charge on any atom is 0.130 e. The van der Waals surface area contributed by atoms with Gasteiger partial charge in [-0.1, -0.05) is 23.4 Å². The number of nitrogens with zero attached hydrogens (tertiary/aromatic N) is 3. The van der Waals surface area contributed by atoms with Crippen molar-refractivity contribution in [1.82, 2.24) is 14.8 Å². The number of hydrogen-bond acceptors (Lipinski definition) is 4. The number of rotatable bonds is 4. The zero-order valence-corrected chi connectivity index (χ0v) is 13.8. The molecular weight excluding hydrogens is 318 g/mol. The molecule has 0 aromatic carbocycles. The van der Waals surface area contributed by atoms with Crippen molar-refractivity contribution >= 4 is 23.4 Å². The molecule has 0 N–H and O–H groups in total. The van der Waals surface area contributed by atoms with Gasteiger partial charge in [0.1, 0.15) is 5.15 Å².